The number of nitrogens with zero attached hydrogens (tertiary/aromatic N) is 2. The molecule has 2 N–H and O–H groups in total. The predicted molar refractivity (Wildman–Crippen MR) is 142 cm³/mol. The maximum atomic E-state index is 13.3. The zero-order valence-electron chi connectivity index (χ0n) is 19.7. The molecule has 0 atom stereocenters. The summed E-state index contributed by atoms with van der Waals surface area (Å²) in [5, 5.41) is 6.37. The Balaban J connectivity index is 1.47. The van der Waals surface area contributed by atoms with Crippen molar-refractivity contribution in [3.63, 3.8) is 0 Å². The minimum absolute atomic E-state index is 0.000430. The Kier molecular flexibility index (Phi) is 6.33. The Bertz CT molecular complexity index is 1590. The number of hydrogen-bond donors (Lipinski definition) is 2. The normalized spacial score (nSPS) is 14.8. The van der Waals surface area contributed by atoms with Crippen molar-refractivity contribution in [1.82, 2.24) is 9.88 Å². The largest absolute Gasteiger partial charge is 0.337 e. The molecule has 1 aromatic heterocycles. The average Bonchev–Trinajstić information content (AvgIpc) is 3.21. The molecule has 0 saturated carbocycles. The summed E-state index contributed by atoms with van der Waals surface area (Å²) < 4.78 is 1.74. The quantitative estimate of drug-likeness (QED) is 0.293. The number of nitrogens with one attached hydrogen (secondary N) is 2. The smallest absolute Gasteiger partial charge is 0.335 e. The number of aryl methyl sites for hydroxylation is 1. The maximum Gasteiger partial charge on any atom is 0.335 e. The van der Waals surface area contributed by atoms with Crippen LogP contribution in [0.15, 0.2) is 84.6 Å². The van der Waals surface area contributed by atoms with Gasteiger partial charge in [0.25, 0.3) is 11.8 Å². The van der Waals surface area contributed by atoms with Crippen molar-refractivity contribution in [2.24, 2.45) is 0 Å². The zero-order valence-corrected chi connectivity index (χ0v) is 20.5. The Morgan fingerprint density at radius 3 is 2.41 bits per heavy atom. The first kappa shape index (κ1) is 24.0. The molecular formula is C28H21ClN4O4. The molecule has 8 nitrogen and oxygen atoms in total. The van der Waals surface area contributed by atoms with E-state index in [1.165, 1.54) is 6.08 Å². The number of benzene rings is 3. The number of halogens is 1. The minimum Gasteiger partial charge on any atom is -0.337 e. The molecule has 4 aromatic rings. The summed E-state index contributed by atoms with van der Waals surface area (Å²) in [5.41, 5.74) is 3.05. The van der Waals surface area contributed by atoms with Crippen molar-refractivity contribution >= 4 is 63.7 Å². The van der Waals surface area contributed by atoms with E-state index >= 15 is 0 Å². The standard InChI is InChI=1S/C28H21ClN4O4/c1-17-6-12-21(13-7-17)33-27(36)23(26(35)31-28(33)37)14-18-15-32(24-5-3-2-4-22(18)24)16-25(34)30-20-10-8-19(29)9-11-20/h2-15H,16H2,1H3,(H,30,34)(H,31,35,37)/b23-14+. The number of rotatable bonds is 5. The molecule has 5 amide bonds. The van der Waals surface area contributed by atoms with Crippen molar-refractivity contribution in [2.75, 3.05) is 10.2 Å². The van der Waals surface area contributed by atoms with Crippen molar-refractivity contribution in [2.45, 2.75) is 13.5 Å². The lowest BCUT2D eigenvalue weighted by Crippen LogP contribution is -2.54. The molecule has 1 saturated heterocycles. The monoisotopic (exact) mass is 512 g/mol. The highest BCUT2D eigenvalue weighted by Crippen LogP contribution is 2.27. The first-order chi connectivity index (χ1) is 17.8. The summed E-state index contributed by atoms with van der Waals surface area (Å²) in [4.78, 5) is 52.1. The third kappa shape index (κ3) is 4.87. The van der Waals surface area contributed by atoms with Gasteiger partial charge < -0.3 is 9.88 Å². The molecular weight excluding hydrogens is 492 g/mol. The molecule has 0 unspecified atom stereocenters. The number of carbonyl (C=O) groups excluding carboxylic acids is 4. The molecule has 1 aliphatic heterocycles. The molecule has 0 spiro atoms. The number of hydrogen-bond acceptors (Lipinski definition) is 4. The van der Waals surface area contributed by atoms with Crippen LogP contribution in [0.25, 0.3) is 17.0 Å². The first-order valence-corrected chi connectivity index (χ1v) is 11.8. The molecule has 5 rings (SSSR count). The molecule has 37 heavy (non-hydrogen) atoms. The van der Waals surface area contributed by atoms with Gasteiger partial charge in [-0.1, -0.05) is 47.5 Å². The van der Waals surface area contributed by atoms with Gasteiger partial charge >= 0.3 is 6.03 Å². The van der Waals surface area contributed by atoms with Gasteiger partial charge in [0, 0.05) is 33.4 Å². The van der Waals surface area contributed by atoms with Crippen LogP contribution in [0.2, 0.25) is 5.02 Å². The molecule has 2 heterocycles. The number of fused-ring (bicyclic) bond motifs is 1. The van der Waals surface area contributed by atoms with E-state index in [0.29, 0.717) is 22.0 Å². The Labute approximate surface area is 217 Å². The van der Waals surface area contributed by atoms with Crippen LogP contribution in [0.3, 0.4) is 0 Å². The number of anilines is 2. The topological polar surface area (TPSA) is 101 Å². The van der Waals surface area contributed by atoms with Crippen LogP contribution in [0.4, 0.5) is 16.2 Å². The fourth-order valence-electron chi connectivity index (χ4n) is 4.15. The molecule has 1 aliphatic rings. The van der Waals surface area contributed by atoms with E-state index in [0.717, 1.165) is 21.4 Å². The van der Waals surface area contributed by atoms with Crippen LogP contribution in [0, 0.1) is 6.92 Å². The summed E-state index contributed by atoms with van der Waals surface area (Å²) >= 11 is 5.91. The first-order valence-electron chi connectivity index (χ1n) is 11.4. The predicted octanol–water partition coefficient (Wildman–Crippen LogP) is 4.91. The molecule has 0 bridgehead atoms. The number of carbonyl (C=O) groups is 4. The highest BCUT2D eigenvalue weighted by molar-refractivity contribution is 6.39. The van der Waals surface area contributed by atoms with Crippen LogP contribution in [0.5, 0.6) is 0 Å². The van der Waals surface area contributed by atoms with Gasteiger partial charge in [0.15, 0.2) is 0 Å². The van der Waals surface area contributed by atoms with Crippen LogP contribution in [-0.4, -0.2) is 28.3 Å². The number of imide groups is 2. The minimum atomic E-state index is -0.808. The van der Waals surface area contributed by atoms with Gasteiger partial charge in [-0.25, -0.2) is 9.69 Å². The van der Waals surface area contributed by atoms with Crippen molar-refractivity contribution in [3.8, 4) is 0 Å². The van der Waals surface area contributed by atoms with Crippen LogP contribution in [0.1, 0.15) is 11.1 Å². The number of aromatic nitrogens is 1. The lowest BCUT2D eigenvalue weighted by molar-refractivity contribution is -0.122. The molecule has 0 radical (unpaired) electrons. The third-order valence-electron chi connectivity index (χ3n) is 5.96. The summed E-state index contributed by atoms with van der Waals surface area (Å²) in [6, 6.07) is 20.2. The van der Waals surface area contributed by atoms with E-state index in [1.807, 2.05) is 31.2 Å². The SMILES string of the molecule is Cc1ccc(N2C(=O)NC(=O)/C(=C\c3cn(CC(=O)Nc4ccc(Cl)cc4)c4ccccc34)C2=O)cc1. The van der Waals surface area contributed by atoms with Gasteiger partial charge in [0.2, 0.25) is 5.91 Å². The van der Waals surface area contributed by atoms with Gasteiger partial charge in [-0.3, -0.25) is 19.7 Å². The van der Waals surface area contributed by atoms with Crippen LogP contribution < -0.4 is 15.5 Å². The van der Waals surface area contributed by atoms with Crippen molar-refractivity contribution < 1.29 is 19.2 Å². The third-order valence-corrected chi connectivity index (χ3v) is 6.21. The highest BCUT2D eigenvalue weighted by Gasteiger charge is 2.37. The Hall–Kier alpha value is -4.69. The van der Waals surface area contributed by atoms with E-state index in [2.05, 4.69) is 10.6 Å². The number of barbiturate groups is 1. The number of para-hydroxylation sites is 1. The van der Waals surface area contributed by atoms with Gasteiger partial charge in [-0.05, 0) is 55.5 Å². The Morgan fingerprint density at radius 2 is 1.68 bits per heavy atom. The van der Waals surface area contributed by atoms with Gasteiger partial charge in [-0.2, -0.15) is 0 Å². The second-order valence-corrected chi connectivity index (χ2v) is 9.01. The molecule has 3 aromatic carbocycles. The lowest BCUT2D eigenvalue weighted by Gasteiger charge is -2.26. The van der Waals surface area contributed by atoms with E-state index in [1.54, 1.807) is 59.3 Å². The van der Waals surface area contributed by atoms with Crippen LogP contribution in [-0.2, 0) is 20.9 Å². The van der Waals surface area contributed by atoms with Crippen molar-refractivity contribution in [1.29, 1.82) is 0 Å². The molecule has 9 heteroatoms. The van der Waals surface area contributed by atoms with Gasteiger partial charge in [0.1, 0.15) is 12.1 Å². The summed E-state index contributed by atoms with van der Waals surface area (Å²) in [7, 11) is 0. The number of urea groups is 1. The molecule has 184 valence electrons. The lowest BCUT2D eigenvalue weighted by atomic mass is 10.1. The second-order valence-electron chi connectivity index (χ2n) is 8.58. The second kappa shape index (κ2) is 9.75. The van der Waals surface area contributed by atoms with Crippen LogP contribution >= 0.6 is 11.6 Å². The summed E-state index contributed by atoms with van der Waals surface area (Å²) in [5.74, 6) is -1.77. The van der Waals surface area contributed by atoms with E-state index in [-0.39, 0.29) is 18.0 Å². The molecule has 1 fully saturated rings. The number of amides is 5. The fraction of sp³-hybridized carbons (Fsp3) is 0.0714. The van der Waals surface area contributed by atoms with E-state index < -0.39 is 17.8 Å². The Morgan fingerprint density at radius 1 is 0.973 bits per heavy atom. The summed E-state index contributed by atoms with van der Waals surface area (Å²) in [6.45, 7) is 1.89. The highest BCUT2D eigenvalue weighted by atomic mass is 35.5. The molecule has 0 aliphatic carbocycles. The van der Waals surface area contributed by atoms with E-state index in [9.17, 15) is 19.2 Å². The van der Waals surface area contributed by atoms with Gasteiger partial charge in [-0.15, -0.1) is 0 Å². The fourth-order valence-corrected chi connectivity index (χ4v) is 4.28. The zero-order chi connectivity index (χ0) is 26.1. The maximum absolute atomic E-state index is 13.3. The average molecular weight is 513 g/mol. The van der Waals surface area contributed by atoms with Crippen molar-refractivity contribution in [3.05, 3.63) is 101 Å². The van der Waals surface area contributed by atoms with Gasteiger partial charge in [0.05, 0.1) is 5.69 Å². The van der Waals surface area contributed by atoms with E-state index in [4.69, 9.17) is 11.6 Å². The summed E-state index contributed by atoms with van der Waals surface area (Å²) in [6.07, 6.45) is 3.15.